The van der Waals surface area contributed by atoms with Crippen molar-refractivity contribution in [1.29, 1.82) is 0 Å². The molecule has 3 heterocycles. The van der Waals surface area contributed by atoms with Gasteiger partial charge < -0.3 is 36.8 Å². The number of carboxylic acid groups (broad SMARTS) is 1. The second-order valence-corrected chi connectivity index (χ2v) is 15.4. The lowest BCUT2D eigenvalue weighted by Crippen LogP contribution is -2.58. The molecule has 2 aliphatic rings. The summed E-state index contributed by atoms with van der Waals surface area (Å²) >= 11 is 1.36. The normalized spacial score (nSPS) is 20.9. The third-order valence-electron chi connectivity index (χ3n) is 9.93. The molecule has 7 rings (SSSR count). The van der Waals surface area contributed by atoms with Gasteiger partial charge >= 0.3 is 5.97 Å². The number of hydrogen-bond donors (Lipinski definition) is 7. The molecule has 0 aliphatic carbocycles. The van der Waals surface area contributed by atoms with Crippen LogP contribution in [-0.4, -0.2) is 76.0 Å². The summed E-state index contributed by atoms with van der Waals surface area (Å²) in [7, 11) is 0. The van der Waals surface area contributed by atoms with Crippen molar-refractivity contribution in [1.82, 2.24) is 21.3 Å². The molecule has 304 valence electrons. The van der Waals surface area contributed by atoms with Crippen molar-refractivity contribution in [3.8, 4) is 11.1 Å². The molecule has 0 radical (unpaired) electrons. The smallest absolute Gasteiger partial charge is 0.326 e. The highest BCUT2D eigenvalue weighted by Gasteiger charge is 2.33. The van der Waals surface area contributed by atoms with Gasteiger partial charge in [0.15, 0.2) is 0 Å². The van der Waals surface area contributed by atoms with Gasteiger partial charge in [0, 0.05) is 29.8 Å². The molecule has 5 atom stereocenters. The first-order valence-corrected chi connectivity index (χ1v) is 20.1. The number of thiophene rings is 1. The summed E-state index contributed by atoms with van der Waals surface area (Å²) in [4.78, 5) is 82.0. The Hall–Kier alpha value is -6.64. The first-order chi connectivity index (χ1) is 28.5. The second kappa shape index (κ2) is 20.2. The Kier molecular flexibility index (Phi) is 14.4. The van der Waals surface area contributed by atoms with Crippen LogP contribution in [-0.2, 0) is 54.5 Å². The van der Waals surface area contributed by atoms with Gasteiger partial charge in [-0.1, -0.05) is 103 Å². The molecule has 4 aromatic carbocycles. The minimum absolute atomic E-state index is 0.00814. The molecule has 2 aliphatic heterocycles. The van der Waals surface area contributed by atoms with Gasteiger partial charge in [0.1, 0.15) is 30.3 Å². The molecule has 0 unspecified atom stereocenters. The van der Waals surface area contributed by atoms with E-state index in [0.29, 0.717) is 17.5 Å². The number of carbonyl (C=O) groups is 6. The van der Waals surface area contributed by atoms with E-state index < -0.39 is 72.2 Å². The van der Waals surface area contributed by atoms with Crippen LogP contribution in [0.4, 0.5) is 5.69 Å². The van der Waals surface area contributed by atoms with Gasteiger partial charge in [0.2, 0.25) is 23.6 Å². The first-order valence-electron chi connectivity index (χ1n) is 19.2. The van der Waals surface area contributed by atoms with E-state index in [-0.39, 0.29) is 31.4 Å². The SMILES string of the molecule is O=C1C[C@@H](O)C(=O)Nc2ccc(cc2)C[C@@H](C(=O)O)NC(=O)[C@@H](CCc2ccccc2)NC(=O)[C@H](Cc2ccc(-c3ccccc3)cc2)NC(=O)[C@@H](Cc2cccs2)N1. The lowest BCUT2D eigenvalue weighted by Gasteiger charge is -2.26. The third-order valence-corrected chi connectivity index (χ3v) is 10.8. The number of aliphatic carboxylic acids is 1. The maximum atomic E-state index is 14.4. The molecular formula is C45H45N5O8S. The van der Waals surface area contributed by atoms with Crippen molar-refractivity contribution < 1.29 is 39.0 Å². The maximum Gasteiger partial charge on any atom is 0.326 e. The summed E-state index contributed by atoms with van der Waals surface area (Å²) in [5.41, 5.74) is 4.29. The monoisotopic (exact) mass is 815 g/mol. The second-order valence-electron chi connectivity index (χ2n) is 14.3. The van der Waals surface area contributed by atoms with Crippen LogP contribution in [0.25, 0.3) is 11.1 Å². The zero-order valence-electron chi connectivity index (χ0n) is 32.0. The van der Waals surface area contributed by atoms with Crippen molar-refractivity contribution in [2.75, 3.05) is 5.32 Å². The Bertz CT molecular complexity index is 2220. The minimum Gasteiger partial charge on any atom is -0.480 e. The lowest BCUT2D eigenvalue weighted by atomic mass is 9.99. The highest BCUT2D eigenvalue weighted by atomic mass is 32.1. The molecule has 5 amide bonds. The van der Waals surface area contributed by atoms with Gasteiger partial charge in [0.05, 0.1) is 6.42 Å². The highest BCUT2D eigenvalue weighted by molar-refractivity contribution is 7.09. The molecule has 13 nitrogen and oxygen atoms in total. The molecule has 2 bridgehead atoms. The minimum atomic E-state index is -1.77. The topological polar surface area (TPSA) is 203 Å². The fourth-order valence-corrected chi connectivity index (χ4v) is 7.45. The van der Waals surface area contributed by atoms with E-state index in [2.05, 4.69) is 26.6 Å². The van der Waals surface area contributed by atoms with Crippen molar-refractivity contribution in [2.45, 2.75) is 68.8 Å². The van der Waals surface area contributed by atoms with E-state index in [1.807, 2.05) is 90.3 Å². The number of fused-ring (bicyclic) bond motifs is 18. The predicted molar refractivity (Wildman–Crippen MR) is 223 cm³/mol. The van der Waals surface area contributed by atoms with Crippen LogP contribution in [0.15, 0.2) is 127 Å². The van der Waals surface area contributed by atoms with Gasteiger partial charge in [-0.3, -0.25) is 24.0 Å². The molecule has 0 fully saturated rings. The van der Waals surface area contributed by atoms with Crippen LogP contribution in [0.2, 0.25) is 0 Å². The van der Waals surface area contributed by atoms with E-state index in [1.54, 1.807) is 24.3 Å². The fraction of sp³-hybridized carbons (Fsp3) is 0.244. The third kappa shape index (κ3) is 12.2. The number of aliphatic hydroxyl groups is 1. The Morgan fingerprint density at radius 1 is 0.593 bits per heavy atom. The molecule has 14 heteroatoms. The average molecular weight is 816 g/mol. The number of rotatable bonds is 9. The maximum absolute atomic E-state index is 14.4. The van der Waals surface area contributed by atoms with Gasteiger partial charge in [-0.25, -0.2) is 4.79 Å². The van der Waals surface area contributed by atoms with E-state index in [9.17, 15) is 39.0 Å². The largest absolute Gasteiger partial charge is 0.480 e. The summed E-state index contributed by atoms with van der Waals surface area (Å²) in [6.07, 6.45) is -2.05. The van der Waals surface area contributed by atoms with Crippen LogP contribution < -0.4 is 26.6 Å². The molecular weight excluding hydrogens is 771 g/mol. The van der Waals surface area contributed by atoms with Crippen molar-refractivity contribution >= 4 is 52.5 Å². The number of hydrogen-bond acceptors (Lipinski definition) is 8. The number of nitrogens with one attached hydrogen (secondary N) is 5. The fourth-order valence-electron chi connectivity index (χ4n) is 6.70. The molecule has 59 heavy (non-hydrogen) atoms. The first kappa shape index (κ1) is 42.0. The Balaban J connectivity index is 1.34. The molecule has 0 saturated carbocycles. The number of aliphatic hydroxyl groups excluding tert-OH is 1. The van der Waals surface area contributed by atoms with Crippen molar-refractivity contribution in [3.63, 3.8) is 0 Å². The molecule has 5 aromatic rings. The number of carbonyl (C=O) groups excluding carboxylic acids is 5. The number of amides is 5. The van der Waals surface area contributed by atoms with Crippen LogP contribution >= 0.6 is 11.3 Å². The summed E-state index contributed by atoms with van der Waals surface area (Å²) in [6, 6.07) is 31.1. The Morgan fingerprint density at radius 2 is 1.20 bits per heavy atom. The summed E-state index contributed by atoms with van der Waals surface area (Å²) in [6.45, 7) is 0. The molecule has 1 aromatic heterocycles. The quantitative estimate of drug-likeness (QED) is 0.109. The van der Waals surface area contributed by atoms with Gasteiger partial charge in [-0.2, -0.15) is 0 Å². The Morgan fingerprint density at radius 3 is 1.85 bits per heavy atom. The molecule has 0 saturated heterocycles. The van der Waals surface area contributed by atoms with E-state index in [4.69, 9.17) is 0 Å². The number of anilines is 1. The lowest BCUT2D eigenvalue weighted by molar-refractivity contribution is -0.142. The zero-order valence-corrected chi connectivity index (χ0v) is 32.8. The van der Waals surface area contributed by atoms with E-state index in [1.165, 1.54) is 23.5 Å². The van der Waals surface area contributed by atoms with Crippen LogP contribution in [0, 0.1) is 0 Å². The zero-order chi connectivity index (χ0) is 41.7. The summed E-state index contributed by atoms with van der Waals surface area (Å²) in [5.74, 6) is -5.10. The van der Waals surface area contributed by atoms with Crippen LogP contribution in [0.3, 0.4) is 0 Å². The number of benzene rings is 4. The number of aryl methyl sites for hydroxylation is 1. The molecule has 7 N–H and O–H groups in total. The predicted octanol–water partition coefficient (Wildman–Crippen LogP) is 3.80. The highest BCUT2D eigenvalue weighted by Crippen LogP contribution is 2.21. The Labute approximate surface area is 345 Å². The van der Waals surface area contributed by atoms with E-state index >= 15 is 0 Å². The standard InChI is InChI=1S/C45H45N5O8S/c51-39-27-40(52)47-37(26-34-12-7-23-59-34)43(55)49-36(24-29-13-18-32(19-14-29)31-10-5-2-6-11-31)42(54)48-35(22-17-28-8-3-1-4-9-28)41(53)50-38(45(57)58)25-30-15-20-33(21-16-30)46-44(39)56/h1-16,18-21,23,35-39,51H,17,22,24-27H2,(H,46,56)(H,47,52)(H,48,54)(H,49,55)(H,50,53)(H,57,58)/t35-,36+,37-,38+,39-/m1/s1. The number of carboxylic acids is 1. The van der Waals surface area contributed by atoms with Crippen molar-refractivity contribution in [3.05, 3.63) is 148 Å². The van der Waals surface area contributed by atoms with Crippen LogP contribution in [0.1, 0.15) is 34.4 Å². The van der Waals surface area contributed by atoms with Gasteiger partial charge in [0.25, 0.3) is 5.91 Å². The molecule has 0 spiro atoms. The van der Waals surface area contributed by atoms with Crippen LogP contribution in [0.5, 0.6) is 0 Å². The van der Waals surface area contributed by atoms with Crippen molar-refractivity contribution in [2.24, 2.45) is 0 Å². The van der Waals surface area contributed by atoms with Gasteiger partial charge in [-0.15, -0.1) is 11.3 Å². The summed E-state index contributed by atoms with van der Waals surface area (Å²) < 4.78 is 0. The summed E-state index contributed by atoms with van der Waals surface area (Å²) in [5, 5.41) is 36.0. The average Bonchev–Trinajstić information content (AvgIpc) is 3.76. The van der Waals surface area contributed by atoms with E-state index in [0.717, 1.165) is 21.6 Å². The van der Waals surface area contributed by atoms with Gasteiger partial charge in [-0.05, 0) is 64.2 Å².